The van der Waals surface area contributed by atoms with Gasteiger partial charge in [0.1, 0.15) is 6.54 Å². The molecule has 0 bridgehead atoms. The number of likely N-dealkylation sites (N-methyl/N-ethyl adjacent to an activating group) is 1. The average molecular weight is 544 g/mol. The van der Waals surface area contributed by atoms with Crippen molar-refractivity contribution in [3.63, 3.8) is 0 Å². The van der Waals surface area contributed by atoms with E-state index in [-0.39, 0.29) is 42.3 Å². The summed E-state index contributed by atoms with van der Waals surface area (Å²) in [5.74, 6) is 1.43. The molecule has 0 aliphatic carbocycles. The molecular weight excluding hydrogens is 516 g/mol. The second-order valence-electron chi connectivity index (χ2n) is 6.90. The number of thioether (sulfide) groups is 1. The summed E-state index contributed by atoms with van der Waals surface area (Å²) in [5.41, 5.74) is 0.0668. The third-order valence-corrected chi connectivity index (χ3v) is 5.24. The molecule has 1 saturated heterocycles. The van der Waals surface area contributed by atoms with E-state index in [9.17, 15) is 18.0 Å². The Labute approximate surface area is 191 Å². The SMILES string of the molecule is CSCCNC(=NCC(=O)N(C)C)N1CCC(c2cccc(C(F)(F)F)c2)C1.I. The van der Waals surface area contributed by atoms with Gasteiger partial charge in [0.2, 0.25) is 5.91 Å². The summed E-state index contributed by atoms with van der Waals surface area (Å²) in [6, 6.07) is 5.54. The van der Waals surface area contributed by atoms with Crippen molar-refractivity contribution in [3.8, 4) is 0 Å². The zero-order chi connectivity index (χ0) is 20.7. The van der Waals surface area contributed by atoms with Gasteiger partial charge in [-0.1, -0.05) is 18.2 Å². The second-order valence-corrected chi connectivity index (χ2v) is 7.89. The lowest BCUT2D eigenvalue weighted by molar-refractivity contribution is -0.137. The Morgan fingerprint density at radius 3 is 2.72 bits per heavy atom. The highest BCUT2D eigenvalue weighted by Crippen LogP contribution is 2.33. The van der Waals surface area contributed by atoms with Crippen LogP contribution in [0.4, 0.5) is 13.2 Å². The van der Waals surface area contributed by atoms with Gasteiger partial charge in [0.25, 0.3) is 0 Å². The Kier molecular flexibility index (Phi) is 10.6. The van der Waals surface area contributed by atoms with Crippen LogP contribution in [-0.4, -0.2) is 73.9 Å². The summed E-state index contributed by atoms with van der Waals surface area (Å²) in [7, 11) is 3.36. The van der Waals surface area contributed by atoms with Crippen LogP contribution in [0.3, 0.4) is 0 Å². The molecule has 0 radical (unpaired) electrons. The number of alkyl halides is 3. The van der Waals surface area contributed by atoms with E-state index in [1.807, 2.05) is 11.2 Å². The normalized spacial score (nSPS) is 17.1. The number of rotatable bonds is 6. The van der Waals surface area contributed by atoms with Crippen molar-refractivity contribution >= 4 is 47.6 Å². The van der Waals surface area contributed by atoms with E-state index < -0.39 is 11.7 Å². The first-order valence-corrected chi connectivity index (χ1v) is 10.5. The van der Waals surface area contributed by atoms with Crippen LogP contribution in [0, 0.1) is 0 Å². The molecule has 1 aromatic carbocycles. The van der Waals surface area contributed by atoms with E-state index in [0.717, 1.165) is 18.2 Å². The van der Waals surface area contributed by atoms with Gasteiger partial charge < -0.3 is 15.1 Å². The lowest BCUT2D eigenvalue weighted by Gasteiger charge is -2.22. The largest absolute Gasteiger partial charge is 0.416 e. The van der Waals surface area contributed by atoms with Crippen molar-refractivity contribution in [1.82, 2.24) is 15.1 Å². The van der Waals surface area contributed by atoms with Crippen LogP contribution in [0.15, 0.2) is 29.3 Å². The van der Waals surface area contributed by atoms with Crippen LogP contribution >= 0.6 is 35.7 Å². The predicted octanol–water partition coefficient (Wildman–Crippen LogP) is 3.51. The molecule has 1 aliphatic rings. The van der Waals surface area contributed by atoms with Crippen LogP contribution in [0.25, 0.3) is 0 Å². The van der Waals surface area contributed by atoms with Crippen molar-refractivity contribution in [2.75, 3.05) is 52.3 Å². The predicted molar refractivity (Wildman–Crippen MR) is 123 cm³/mol. The summed E-state index contributed by atoms with van der Waals surface area (Å²) in [4.78, 5) is 19.8. The fourth-order valence-electron chi connectivity index (χ4n) is 3.01. The molecule has 1 atom stereocenters. The van der Waals surface area contributed by atoms with Gasteiger partial charge >= 0.3 is 6.18 Å². The number of hydrogen-bond acceptors (Lipinski definition) is 3. The number of likely N-dealkylation sites (tertiary alicyclic amines) is 1. The van der Waals surface area contributed by atoms with E-state index in [2.05, 4.69) is 10.3 Å². The molecule has 1 heterocycles. The van der Waals surface area contributed by atoms with Crippen LogP contribution in [0.2, 0.25) is 0 Å². The average Bonchev–Trinajstić information content (AvgIpc) is 3.13. The van der Waals surface area contributed by atoms with Gasteiger partial charge in [-0.05, 0) is 24.3 Å². The maximum atomic E-state index is 13.0. The second kappa shape index (κ2) is 11.9. The zero-order valence-electron chi connectivity index (χ0n) is 16.8. The highest BCUT2D eigenvalue weighted by Gasteiger charge is 2.32. The molecule has 5 nitrogen and oxygen atoms in total. The first kappa shape index (κ1) is 25.9. The number of amides is 1. The summed E-state index contributed by atoms with van der Waals surface area (Å²) in [6.07, 6.45) is -1.59. The number of hydrogen-bond donors (Lipinski definition) is 1. The number of halogens is 4. The molecule has 29 heavy (non-hydrogen) atoms. The van der Waals surface area contributed by atoms with Gasteiger partial charge in [-0.15, -0.1) is 24.0 Å². The zero-order valence-corrected chi connectivity index (χ0v) is 20.0. The molecule has 1 fully saturated rings. The third kappa shape index (κ3) is 7.88. The first-order valence-electron chi connectivity index (χ1n) is 9.12. The summed E-state index contributed by atoms with van der Waals surface area (Å²) >= 11 is 1.70. The van der Waals surface area contributed by atoms with Gasteiger partial charge in [0.05, 0.1) is 5.56 Å². The molecular formula is C19H28F3IN4OS. The van der Waals surface area contributed by atoms with E-state index in [4.69, 9.17) is 0 Å². The number of nitrogens with one attached hydrogen (secondary N) is 1. The Morgan fingerprint density at radius 2 is 2.10 bits per heavy atom. The van der Waals surface area contributed by atoms with Gasteiger partial charge in [-0.3, -0.25) is 4.79 Å². The molecule has 164 valence electrons. The van der Waals surface area contributed by atoms with E-state index in [1.165, 1.54) is 17.0 Å². The minimum absolute atomic E-state index is 0. The van der Waals surface area contributed by atoms with Gasteiger partial charge in [-0.25, -0.2) is 4.99 Å². The number of nitrogens with zero attached hydrogens (tertiary/aromatic N) is 3. The van der Waals surface area contributed by atoms with Gasteiger partial charge in [0, 0.05) is 45.4 Å². The highest BCUT2D eigenvalue weighted by atomic mass is 127. The van der Waals surface area contributed by atoms with Crippen LogP contribution in [0.1, 0.15) is 23.5 Å². The minimum atomic E-state index is -4.34. The van der Waals surface area contributed by atoms with E-state index >= 15 is 0 Å². The summed E-state index contributed by atoms with van der Waals surface area (Å²) in [5, 5.41) is 3.27. The lowest BCUT2D eigenvalue weighted by Crippen LogP contribution is -2.41. The van der Waals surface area contributed by atoms with Crippen molar-refractivity contribution in [3.05, 3.63) is 35.4 Å². The Morgan fingerprint density at radius 1 is 1.38 bits per heavy atom. The van der Waals surface area contributed by atoms with E-state index in [1.54, 1.807) is 31.9 Å². The molecule has 10 heteroatoms. The molecule has 0 aromatic heterocycles. The monoisotopic (exact) mass is 544 g/mol. The lowest BCUT2D eigenvalue weighted by atomic mass is 9.96. The Balaban J connectivity index is 0.00000420. The van der Waals surface area contributed by atoms with Crippen molar-refractivity contribution in [1.29, 1.82) is 0 Å². The standard InChI is InChI=1S/C19H27F3N4OS.HI/c1-25(2)17(27)12-24-18(23-8-10-28-3)26-9-7-15(13-26)14-5-4-6-16(11-14)19(20,21)22;/h4-6,11,15H,7-10,12-13H2,1-3H3,(H,23,24);1H. The molecule has 1 unspecified atom stereocenters. The van der Waals surface area contributed by atoms with Crippen molar-refractivity contribution < 1.29 is 18.0 Å². The fraction of sp³-hybridized carbons (Fsp3) is 0.579. The number of aliphatic imine (C=N–C) groups is 1. The van der Waals surface area contributed by atoms with Crippen LogP contribution in [-0.2, 0) is 11.0 Å². The fourth-order valence-corrected chi connectivity index (χ4v) is 3.32. The minimum Gasteiger partial charge on any atom is -0.355 e. The Bertz CT molecular complexity index is 700. The summed E-state index contributed by atoms with van der Waals surface area (Å²) < 4.78 is 39.0. The molecule has 0 spiro atoms. The number of carbonyl (C=O) groups excluding carboxylic acids is 1. The van der Waals surface area contributed by atoms with Gasteiger partial charge in [-0.2, -0.15) is 24.9 Å². The highest BCUT2D eigenvalue weighted by molar-refractivity contribution is 14.0. The molecule has 1 N–H and O–H groups in total. The molecule has 1 amide bonds. The molecule has 1 aliphatic heterocycles. The van der Waals surface area contributed by atoms with Gasteiger partial charge in [0.15, 0.2) is 5.96 Å². The van der Waals surface area contributed by atoms with Crippen LogP contribution < -0.4 is 5.32 Å². The molecule has 1 aromatic rings. The van der Waals surface area contributed by atoms with E-state index in [0.29, 0.717) is 31.2 Å². The van der Waals surface area contributed by atoms with Crippen LogP contribution in [0.5, 0.6) is 0 Å². The topological polar surface area (TPSA) is 47.9 Å². The van der Waals surface area contributed by atoms with Crippen molar-refractivity contribution in [2.45, 2.75) is 18.5 Å². The van der Waals surface area contributed by atoms with Crippen molar-refractivity contribution in [2.24, 2.45) is 4.99 Å². The first-order chi connectivity index (χ1) is 13.2. The summed E-state index contributed by atoms with van der Waals surface area (Å²) in [6.45, 7) is 2.00. The third-order valence-electron chi connectivity index (χ3n) is 4.63. The molecule has 2 rings (SSSR count). The number of benzene rings is 1. The Hall–Kier alpha value is -1.17. The number of carbonyl (C=O) groups is 1. The maximum absolute atomic E-state index is 13.0. The number of guanidine groups is 1. The quantitative estimate of drug-likeness (QED) is 0.258. The molecule has 0 saturated carbocycles. The maximum Gasteiger partial charge on any atom is 0.416 e. The smallest absolute Gasteiger partial charge is 0.355 e.